The number of aliphatic hydroxyl groups is 1. The van der Waals surface area contributed by atoms with Gasteiger partial charge in [-0.15, -0.1) is 0 Å². The fraction of sp³-hybridized carbons (Fsp3) is 0.176. The van der Waals surface area contributed by atoms with E-state index in [2.05, 4.69) is 6.58 Å². The van der Waals surface area contributed by atoms with Crippen molar-refractivity contribution in [2.75, 3.05) is 6.61 Å². The first-order valence-corrected chi connectivity index (χ1v) is 6.77. The number of benzene rings is 2. The molecule has 2 aromatic rings. The van der Waals surface area contributed by atoms with Crippen LogP contribution in [0.5, 0.6) is 5.75 Å². The van der Waals surface area contributed by atoms with E-state index < -0.39 is 4.92 Å². The molecule has 0 saturated carbocycles. The molecule has 22 heavy (non-hydrogen) atoms. The van der Waals surface area contributed by atoms with Gasteiger partial charge in [0.25, 0.3) is 5.69 Å². The Balaban J connectivity index is 2.15. The van der Waals surface area contributed by atoms with E-state index >= 15 is 0 Å². The Kier molecular flexibility index (Phi) is 4.91. The molecule has 0 saturated heterocycles. The first-order valence-electron chi connectivity index (χ1n) is 6.77. The van der Waals surface area contributed by atoms with E-state index in [4.69, 9.17) is 4.74 Å². The van der Waals surface area contributed by atoms with Gasteiger partial charge in [-0.1, -0.05) is 18.7 Å². The molecule has 0 spiro atoms. The van der Waals surface area contributed by atoms with Crippen molar-refractivity contribution in [3.05, 3.63) is 75.8 Å². The van der Waals surface area contributed by atoms with Gasteiger partial charge in [-0.2, -0.15) is 0 Å². The summed E-state index contributed by atoms with van der Waals surface area (Å²) in [5, 5.41) is 19.9. The molecule has 0 aliphatic carbocycles. The van der Waals surface area contributed by atoms with Crippen molar-refractivity contribution in [1.82, 2.24) is 0 Å². The van der Waals surface area contributed by atoms with E-state index in [-0.39, 0.29) is 18.9 Å². The van der Waals surface area contributed by atoms with E-state index in [0.717, 1.165) is 16.7 Å². The van der Waals surface area contributed by atoms with Gasteiger partial charge in [0.2, 0.25) is 0 Å². The third-order valence-corrected chi connectivity index (χ3v) is 3.25. The van der Waals surface area contributed by atoms with Gasteiger partial charge >= 0.3 is 0 Å². The average Bonchev–Trinajstić information content (AvgIpc) is 2.52. The normalized spacial score (nSPS) is 10.3. The van der Waals surface area contributed by atoms with Crippen LogP contribution in [0.25, 0.3) is 5.57 Å². The molecule has 0 atom stereocenters. The number of rotatable bonds is 6. The highest BCUT2D eigenvalue weighted by atomic mass is 16.6. The molecule has 0 aliphatic rings. The minimum Gasteiger partial charge on any atom is -0.488 e. The quantitative estimate of drug-likeness (QED) is 0.654. The molecule has 2 rings (SSSR count). The maximum Gasteiger partial charge on any atom is 0.269 e. The second kappa shape index (κ2) is 6.87. The lowest BCUT2D eigenvalue weighted by Gasteiger charge is -2.13. The van der Waals surface area contributed by atoms with Crippen molar-refractivity contribution < 1.29 is 14.8 Å². The molecule has 114 valence electrons. The Hall–Kier alpha value is -2.66. The van der Waals surface area contributed by atoms with Crippen LogP contribution < -0.4 is 4.74 Å². The third-order valence-electron chi connectivity index (χ3n) is 3.25. The lowest BCUT2D eigenvalue weighted by atomic mass is 10.0. The SMILES string of the molecule is C=C(CO)c1ccc(C)cc1OCc1ccc([N+](=O)[O-])cc1. The molecular weight excluding hydrogens is 282 g/mol. The van der Waals surface area contributed by atoms with Crippen molar-refractivity contribution in [2.45, 2.75) is 13.5 Å². The standard InChI is InChI=1S/C17H17NO4/c1-12-3-8-16(13(2)10-19)17(9-12)22-11-14-4-6-15(7-5-14)18(20)21/h3-9,19H,2,10-11H2,1H3. The van der Waals surface area contributed by atoms with Crippen LogP contribution in [0.2, 0.25) is 0 Å². The second-order valence-corrected chi connectivity index (χ2v) is 4.97. The second-order valence-electron chi connectivity index (χ2n) is 4.97. The predicted octanol–water partition coefficient (Wildman–Crippen LogP) is 3.49. The van der Waals surface area contributed by atoms with Crippen LogP contribution in [0.4, 0.5) is 5.69 Å². The number of hydrogen-bond donors (Lipinski definition) is 1. The molecule has 1 N–H and O–H groups in total. The predicted molar refractivity (Wildman–Crippen MR) is 84.7 cm³/mol. The van der Waals surface area contributed by atoms with Crippen LogP contribution in [0.1, 0.15) is 16.7 Å². The lowest BCUT2D eigenvalue weighted by Crippen LogP contribution is -2.00. The zero-order valence-corrected chi connectivity index (χ0v) is 12.3. The Bertz CT molecular complexity index is 692. The number of aryl methyl sites for hydroxylation is 1. The largest absolute Gasteiger partial charge is 0.488 e. The number of ether oxygens (including phenoxy) is 1. The number of non-ortho nitro benzene ring substituents is 1. The molecule has 5 nitrogen and oxygen atoms in total. The van der Waals surface area contributed by atoms with Gasteiger partial charge in [0.05, 0.1) is 11.5 Å². The smallest absolute Gasteiger partial charge is 0.269 e. The highest BCUT2D eigenvalue weighted by Crippen LogP contribution is 2.27. The number of aliphatic hydroxyl groups excluding tert-OH is 1. The van der Waals surface area contributed by atoms with E-state index in [9.17, 15) is 15.2 Å². The summed E-state index contributed by atoms with van der Waals surface area (Å²) in [5.41, 5.74) is 3.25. The van der Waals surface area contributed by atoms with E-state index in [1.54, 1.807) is 12.1 Å². The minimum atomic E-state index is -0.436. The van der Waals surface area contributed by atoms with Crippen LogP contribution in [0.3, 0.4) is 0 Å². The Morgan fingerprint density at radius 3 is 2.55 bits per heavy atom. The first-order chi connectivity index (χ1) is 10.5. The molecule has 0 heterocycles. The van der Waals surface area contributed by atoms with Crippen molar-refractivity contribution in [2.24, 2.45) is 0 Å². The Morgan fingerprint density at radius 1 is 1.27 bits per heavy atom. The summed E-state index contributed by atoms with van der Waals surface area (Å²) in [6.07, 6.45) is 0. The fourth-order valence-electron chi connectivity index (χ4n) is 2.00. The lowest BCUT2D eigenvalue weighted by molar-refractivity contribution is -0.384. The zero-order valence-electron chi connectivity index (χ0n) is 12.3. The van der Waals surface area contributed by atoms with Gasteiger partial charge in [-0.3, -0.25) is 10.1 Å². The van der Waals surface area contributed by atoms with E-state index in [0.29, 0.717) is 11.3 Å². The van der Waals surface area contributed by atoms with Crippen LogP contribution in [0.15, 0.2) is 49.0 Å². The average molecular weight is 299 g/mol. The maximum atomic E-state index is 10.6. The van der Waals surface area contributed by atoms with Crippen LogP contribution in [-0.4, -0.2) is 16.6 Å². The molecule has 2 aromatic carbocycles. The number of nitro groups is 1. The fourth-order valence-corrected chi connectivity index (χ4v) is 2.00. The number of nitro benzene ring substituents is 1. The molecule has 0 unspecified atom stereocenters. The molecule has 0 amide bonds. The van der Waals surface area contributed by atoms with Crippen LogP contribution in [-0.2, 0) is 6.61 Å². The van der Waals surface area contributed by atoms with E-state index in [1.807, 2.05) is 25.1 Å². The summed E-state index contributed by atoms with van der Waals surface area (Å²) in [4.78, 5) is 10.2. The first kappa shape index (κ1) is 15.7. The summed E-state index contributed by atoms with van der Waals surface area (Å²) in [6, 6.07) is 11.9. The summed E-state index contributed by atoms with van der Waals surface area (Å²) >= 11 is 0. The van der Waals surface area contributed by atoms with Gasteiger partial charge in [0.15, 0.2) is 0 Å². The maximum absolute atomic E-state index is 10.6. The van der Waals surface area contributed by atoms with Gasteiger partial charge < -0.3 is 9.84 Å². The van der Waals surface area contributed by atoms with Crippen molar-refractivity contribution in [1.29, 1.82) is 0 Å². The van der Waals surface area contributed by atoms with Crippen molar-refractivity contribution in [3.8, 4) is 5.75 Å². The van der Waals surface area contributed by atoms with Gasteiger partial charge in [-0.25, -0.2) is 0 Å². The van der Waals surface area contributed by atoms with E-state index in [1.165, 1.54) is 12.1 Å². The zero-order chi connectivity index (χ0) is 16.1. The Morgan fingerprint density at radius 2 is 1.95 bits per heavy atom. The summed E-state index contributed by atoms with van der Waals surface area (Å²) in [6.45, 7) is 5.91. The summed E-state index contributed by atoms with van der Waals surface area (Å²) in [5.74, 6) is 0.636. The molecular formula is C17H17NO4. The topological polar surface area (TPSA) is 72.6 Å². The number of hydrogen-bond acceptors (Lipinski definition) is 4. The third kappa shape index (κ3) is 3.71. The number of nitrogens with zero attached hydrogens (tertiary/aromatic N) is 1. The molecule has 0 bridgehead atoms. The Labute approximate surface area is 128 Å². The molecule has 5 heteroatoms. The summed E-state index contributed by atoms with van der Waals surface area (Å²) < 4.78 is 5.79. The van der Waals surface area contributed by atoms with Crippen molar-refractivity contribution in [3.63, 3.8) is 0 Å². The molecule has 0 fully saturated rings. The van der Waals surface area contributed by atoms with Crippen LogP contribution >= 0.6 is 0 Å². The van der Waals surface area contributed by atoms with Gasteiger partial charge in [0, 0.05) is 17.7 Å². The van der Waals surface area contributed by atoms with Gasteiger partial charge in [0.1, 0.15) is 12.4 Å². The molecule has 0 aliphatic heterocycles. The highest BCUT2D eigenvalue weighted by molar-refractivity contribution is 5.69. The monoisotopic (exact) mass is 299 g/mol. The minimum absolute atomic E-state index is 0.0497. The highest BCUT2D eigenvalue weighted by Gasteiger charge is 2.09. The van der Waals surface area contributed by atoms with Crippen LogP contribution in [0, 0.1) is 17.0 Å². The molecule has 0 aromatic heterocycles. The molecule has 0 radical (unpaired) electrons. The van der Waals surface area contributed by atoms with Gasteiger partial charge in [-0.05, 0) is 41.8 Å². The van der Waals surface area contributed by atoms with Crippen molar-refractivity contribution >= 4 is 11.3 Å². The summed E-state index contributed by atoms with van der Waals surface area (Å²) in [7, 11) is 0.